The molecule has 2 rings (SSSR count). The van der Waals surface area contributed by atoms with E-state index in [1.807, 2.05) is 0 Å². The second kappa shape index (κ2) is 4.66. The molecule has 0 radical (unpaired) electrons. The van der Waals surface area contributed by atoms with Crippen molar-refractivity contribution in [2.24, 2.45) is 5.73 Å². The average Bonchev–Trinajstić information content (AvgIpc) is 2.33. The van der Waals surface area contributed by atoms with Gasteiger partial charge in [-0.25, -0.2) is 4.39 Å². The highest BCUT2D eigenvalue weighted by molar-refractivity contribution is 6.33. The van der Waals surface area contributed by atoms with Crippen molar-refractivity contribution in [3.8, 4) is 16.9 Å². The number of amides is 1. The third-order valence-electron chi connectivity index (χ3n) is 2.51. The number of benzene rings is 2. The minimum absolute atomic E-state index is 0.179. The molecular weight excluding hydrogens is 257 g/mol. The van der Waals surface area contributed by atoms with Crippen LogP contribution in [0.25, 0.3) is 11.1 Å². The molecule has 0 spiro atoms. The lowest BCUT2D eigenvalue weighted by Crippen LogP contribution is -2.11. The monoisotopic (exact) mass is 265 g/mol. The maximum Gasteiger partial charge on any atom is 0.250 e. The number of phenolic OH excluding ortho intramolecular Hbond substituents is 1. The van der Waals surface area contributed by atoms with Crippen molar-refractivity contribution in [2.75, 3.05) is 0 Å². The molecule has 5 heteroatoms. The smallest absolute Gasteiger partial charge is 0.250 e. The molecule has 0 aromatic heterocycles. The standard InChI is InChI=1S/C13H9ClFNO2/c14-10-3-1-7(5-9(10)13(16)18)8-2-4-11(15)12(17)6-8/h1-6,17H,(H2,16,18). The molecule has 0 unspecified atom stereocenters. The van der Waals surface area contributed by atoms with E-state index in [0.29, 0.717) is 11.1 Å². The molecule has 2 aromatic carbocycles. The topological polar surface area (TPSA) is 63.3 Å². The highest BCUT2D eigenvalue weighted by Crippen LogP contribution is 2.28. The molecule has 3 nitrogen and oxygen atoms in total. The van der Waals surface area contributed by atoms with Crippen molar-refractivity contribution in [3.05, 3.63) is 52.8 Å². The third kappa shape index (κ3) is 2.28. The molecular formula is C13H9ClFNO2. The molecule has 0 bridgehead atoms. The highest BCUT2D eigenvalue weighted by Gasteiger charge is 2.10. The summed E-state index contributed by atoms with van der Waals surface area (Å²) >= 11 is 5.82. The number of primary amides is 1. The molecule has 18 heavy (non-hydrogen) atoms. The van der Waals surface area contributed by atoms with E-state index in [1.165, 1.54) is 24.3 Å². The molecule has 0 atom stereocenters. The van der Waals surface area contributed by atoms with Crippen LogP contribution in [0.2, 0.25) is 5.02 Å². The third-order valence-corrected chi connectivity index (χ3v) is 2.84. The number of aromatic hydroxyl groups is 1. The normalized spacial score (nSPS) is 10.3. The first-order chi connectivity index (χ1) is 8.49. The van der Waals surface area contributed by atoms with Gasteiger partial charge in [0.05, 0.1) is 10.6 Å². The number of hydrogen-bond donors (Lipinski definition) is 2. The Balaban J connectivity index is 2.54. The highest BCUT2D eigenvalue weighted by atomic mass is 35.5. The molecule has 0 aliphatic rings. The Bertz CT molecular complexity index is 628. The number of phenols is 1. The van der Waals surface area contributed by atoms with Gasteiger partial charge in [0.1, 0.15) is 0 Å². The van der Waals surface area contributed by atoms with E-state index in [4.69, 9.17) is 17.3 Å². The predicted molar refractivity (Wildman–Crippen MR) is 67.0 cm³/mol. The molecule has 92 valence electrons. The second-order valence-corrected chi connectivity index (χ2v) is 4.13. The Kier molecular flexibility index (Phi) is 3.21. The van der Waals surface area contributed by atoms with Crippen LogP contribution in [-0.2, 0) is 0 Å². The number of hydrogen-bond acceptors (Lipinski definition) is 2. The van der Waals surface area contributed by atoms with Crippen molar-refractivity contribution in [1.82, 2.24) is 0 Å². The van der Waals surface area contributed by atoms with Gasteiger partial charge in [0.15, 0.2) is 11.6 Å². The van der Waals surface area contributed by atoms with E-state index in [2.05, 4.69) is 0 Å². The van der Waals surface area contributed by atoms with Gasteiger partial charge in [-0.1, -0.05) is 23.7 Å². The van der Waals surface area contributed by atoms with Gasteiger partial charge in [-0.05, 0) is 35.4 Å². The van der Waals surface area contributed by atoms with Gasteiger partial charge in [-0.3, -0.25) is 4.79 Å². The van der Waals surface area contributed by atoms with Gasteiger partial charge >= 0.3 is 0 Å². The van der Waals surface area contributed by atoms with Gasteiger partial charge in [0, 0.05) is 0 Å². The summed E-state index contributed by atoms with van der Waals surface area (Å²) < 4.78 is 12.9. The van der Waals surface area contributed by atoms with Gasteiger partial charge in [-0.15, -0.1) is 0 Å². The van der Waals surface area contributed by atoms with Crippen molar-refractivity contribution < 1.29 is 14.3 Å². The fraction of sp³-hybridized carbons (Fsp3) is 0. The molecule has 0 fully saturated rings. The number of halogens is 2. The van der Waals surface area contributed by atoms with Crippen LogP contribution in [0.5, 0.6) is 5.75 Å². The summed E-state index contributed by atoms with van der Waals surface area (Å²) in [6.07, 6.45) is 0. The number of carbonyl (C=O) groups is 1. The Hall–Kier alpha value is -2.07. The summed E-state index contributed by atoms with van der Waals surface area (Å²) in [6.45, 7) is 0. The molecule has 0 aliphatic carbocycles. The Morgan fingerprint density at radius 2 is 1.78 bits per heavy atom. The maximum atomic E-state index is 12.9. The van der Waals surface area contributed by atoms with E-state index in [1.54, 1.807) is 6.07 Å². The number of carbonyl (C=O) groups excluding carboxylic acids is 1. The van der Waals surface area contributed by atoms with Crippen LogP contribution < -0.4 is 5.73 Å². The molecule has 0 heterocycles. The zero-order chi connectivity index (χ0) is 13.3. The van der Waals surface area contributed by atoms with Gasteiger partial charge < -0.3 is 10.8 Å². The first-order valence-electron chi connectivity index (χ1n) is 5.07. The first-order valence-corrected chi connectivity index (χ1v) is 5.45. The Labute approximate surface area is 108 Å². The van der Waals surface area contributed by atoms with Crippen LogP contribution in [0.15, 0.2) is 36.4 Å². The van der Waals surface area contributed by atoms with Crippen molar-refractivity contribution in [2.45, 2.75) is 0 Å². The lowest BCUT2D eigenvalue weighted by molar-refractivity contribution is 0.100. The maximum absolute atomic E-state index is 12.9. The van der Waals surface area contributed by atoms with Crippen molar-refractivity contribution in [3.63, 3.8) is 0 Å². The second-order valence-electron chi connectivity index (χ2n) is 3.73. The van der Waals surface area contributed by atoms with Crippen LogP contribution in [0.4, 0.5) is 4.39 Å². The molecule has 0 aliphatic heterocycles. The fourth-order valence-electron chi connectivity index (χ4n) is 1.59. The van der Waals surface area contributed by atoms with Crippen LogP contribution in [0, 0.1) is 5.82 Å². The van der Waals surface area contributed by atoms with E-state index >= 15 is 0 Å². The first kappa shape index (κ1) is 12.4. The minimum Gasteiger partial charge on any atom is -0.505 e. The van der Waals surface area contributed by atoms with E-state index in [-0.39, 0.29) is 10.6 Å². The van der Waals surface area contributed by atoms with Gasteiger partial charge in [-0.2, -0.15) is 0 Å². The summed E-state index contributed by atoms with van der Waals surface area (Å²) in [4.78, 5) is 11.2. The molecule has 3 N–H and O–H groups in total. The van der Waals surface area contributed by atoms with Crippen LogP contribution in [0.3, 0.4) is 0 Å². The van der Waals surface area contributed by atoms with Crippen molar-refractivity contribution >= 4 is 17.5 Å². The van der Waals surface area contributed by atoms with Gasteiger partial charge in [0.25, 0.3) is 0 Å². The quantitative estimate of drug-likeness (QED) is 0.877. The Morgan fingerprint density at radius 3 is 2.39 bits per heavy atom. The number of rotatable bonds is 2. The SMILES string of the molecule is NC(=O)c1cc(-c2ccc(F)c(O)c2)ccc1Cl. The van der Waals surface area contributed by atoms with Crippen LogP contribution >= 0.6 is 11.6 Å². The van der Waals surface area contributed by atoms with E-state index in [0.717, 1.165) is 6.07 Å². The summed E-state index contributed by atoms with van der Waals surface area (Å²) in [6, 6.07) is 8.58. The molecule has 0 saturated carbocycles. The summed E-state index contributed by atoms with van der Waals surface area (Å²) in [5, 5.41) is 9.55. The lowest BCUT2D eigenvalue weighted by Gasteiger charge is -2.06. The summed E-state index contributed by atoms with van der Waals surface area (Å²) in [5.74, 6) is -1.81. The van der Waals surface area contributed by atoms with Crippen molar-refractivity contribution in [1.29, 1.82) is 0 Å². The summed E-state index contributed by atoms with van der Waals surface area (Å²) in [7, 11) is 0. The van der Waals surface area contributed by atoms with Gasteiger partial charge in [0.2, 0.25) is 5.91 Å². The predicted octanol–water partition coefficient (Wildman–Crippen LogP) is 2.95. The molecule has 0 saturated heterocycles. The largest absolute Gasteiger partial charge is 0.505 e. The van der Waals surface area contributed by atoms with Crippen LogP contribution in [-0.4, -0.2) is 11.0 Å². The van der Waals surface area contributed by atoms with Crippen LogP contribution in [0.1, 0.15) is 10.4 Å². The summed E-state index contributed by atoms with van der Waals surface area (Å²) in [5.41, 5.74) is 6.54. The zero-order valence-electron chi connectivity index (χ0n) is 9.15. The number of nitrogens with two attached hydrogens (primary N) is 1. The fourth-order valence-corrected chi connectivity index (χ4v) is 1.80. The minimum atomic E-state index is -0.706. The average molecular weight is 266 g/mol. The zero-order valence-corrected chi connectivity index (χ0v) is 9.91. The molecule has 2 aromatic rings. The van der Waals surface area contributed by atoms with E-state index < -0.39 is 17.5 Å². The Morgan fingerprint density at radius 1 is 1.17 bits per heavy atom. The molecule has 1 amide bonds. The van der Waals surface area contributed by atoms with E-state index in [9.17, 15) is 14.3 Å². The lowest BCUT2D eigenvalue weighted by atomic mass is 10.0.